The highest BCUT2D eigenvalue weighted by Crippen LogP contribution is 2.21. The van der Waals surface area contributed by atoms with Gasteiger partial charge in [0.1, 0.15) is 6.26 Å². The van der Waals surface area contributed by atoms with Crippen molar-refractivity contribution in [2.24, 2.45) is 5.92 Å². The molecule has 6 heteroatoms. The first kappa shape index (κ1) is 17.4. The number of oxazole rings is 1. The lowest BCUT2D eigenvalue weighted by Crippen LogP contribution is -2.38. The number of hydrogen-bond donors (Lipinski definition) is 2. The topological polar surface area (TPSA) is 61.5 Å². The van der Waals surface area contributed by atoms with Gasteiger partial charge in [0, 0.05) is 23.7 Å². The Morgan fingerprint density at radius 1 is 1.25 bits per heavy atom. The van der Waals surface area contributed by atoms with Crippen molar-refractivity contribution in [3.8, 4) is 11.5 Å². The fraction of sp³-hybridized carbons (Fsp3) is 0.500. The van der Waals surface area contributed by atoms with Crippen LogP contribution in [0.1, 0.15) is 18.5 Å². The van der Waals surface area contributed by atoms with E-state index in [-0.39, 0.29) is 6.61 Å². The Morgan fingerprint density at radius 2 is 2.00 bits per heavy atom. The van der Waals surface area contributed by atoms with E-state index < -0.39 is 0 Å². The number of nitrogens with one attached hydrogen (secondary N) is 1. The Labute approximate surface area is 147 Å². The van der Waals surface area contributed by atoms with Crippen molar-refractivity contribution in [1.82, 2.24) is 15.2 Å². The molecule has 130 valence electrons. The van der Waals surface area contributed by atoms with E-state index in [1.54, 1.807) is 6.26 Å². The molecule has 1 saturated heterocycles. The van der Waals surface area contributed by atoms with Gasteiger partial charge in [0.2, 0.25) is 5.89 Å². The molecule has 0 spiro atoms. The quantitative estimate of drug-likeness (QED) is 0.804. The molecule has 0 unspecified atom stereocenters. The number of hydrogen-bond acceptors (Lipinski definition) is 5. The summed E-state index contributed by atoms with van der Waals surface area (Å²) in [7, 11) is 0. The van der Waals surface area contributed by atoms with E-state index in [1.807, 2.05) is 24.3 Å². The summed E-state index contributed by atoms with van der Waals surface area (Å²) < 4.78 is 5.55. The molecule has 0 atom stereocenters. The maximum atomic E-state index is 8.97. The molecule has 1 aliphatic heterocycles. The molecule has 1 fully saturated rings. The van der Waals surface area contributed by atoms with Crippen LogP contribution in [0.2, 0.25) is 5.02 Å². The molecule has 1 aromatic heterocycles. The normalized spacial score (nSPS) is 16.6. The van der Waals surface area contributed by atoms with E-state index in [1.165, 1.54) is 12.8 Å². The molecule has 3 rings (SSSR count). The second-order valence-electron chi connectivity index (χ2n) is 6.29. The van der Waals surface area contributed by atoms with Crippen LogP contribution >= 0.6 is 11.6 Å². The summed E-state index contributed by atoms with van der Waals surface area (Å²) in [6, 6.07) is 7.49. The third-order valence-corrected chi connectivity index (χ3v) is 4.76. The van der Waals surface area contributed by atoms with Gasteiger partial charge in [-0.05, 0) is 62.7 Å². The van der Waals surface area contributed by atoms with Crippen molar-refractivity contribution in [3.05, 3.63) is 41.2 Å². The van der Waals surface area contributed by atoms with E-state index in [0.29, 0.717) is 23.4 Å². The minimum atomic E-state index is 0.255. The Morgan fingerprint density at radius 3 is 2.71 bits per heavy atom. The molecule has 1 aliphatic rings. The van der Waals surface area contributed by atoms with Gasteiger partial charge >= 0.3 is 0 Å². The molecule has 0 aliphatic carbocycles. The first-order valence-electron chi connectivity index (χ1n) is 8.49. The van der Waals surface area contributed by atoms with Crippen LogP contribution in [-0.2, 0) is 6.54 Å². The summed E-state index contributed by atoms with van der Waals surface area (Å²) in [5.74, 6) is 1.32. The van der Waals surface area contributed by atoms with Crippen LogP contribution in [0.5, 0.6) is 0 Å². The number of aromatic nitrogens is 1. The van der Waals surface area contributed by atoms with E-state index >= 15 is 0 Å². The largest absolute Gasteiger partial charge is 0.444 e. The first-order valence-corrected chi connectivity index (χ1v) is 8.86. The number of likely N-dealkylation sites (tertiary alicyclic amines) is 1. The summed E-state index contributed by atoms with van der Waals surface area (Å²) in [5, 5.41) is 13.2. The minimum Gasteiger partial charge on any atom is -0.444 e. The standard InChI is InChI=1S/C18H24ClN3O2/c19-16-3-1-15(2-4-16)18-21-17(13-24-18)12-20-11-14-5-7-22(8-6-14)9-10-23/h1-4,13-14,20,23H,5-12H2. The summed E-state index contributed by atoms with van der Waals surface area (Å²) >= 11 is 5.90. The van der Waals surface area contributed by atoms with E-state index in [4.69, 9.17) is 21.1 Å². The number of benzene rings is 1. The van der Waals surface area contributed by atoms with Crippen LogP contribution in [0, 0.1) is 5.92 Å². The number of aliphatic hydroxyl groups is 1. The Kier molecular flexibility index (Phi) is 6.26. The lowest BCUT2D eigenvalue weighted by molar-refractivity contribution is 0.146. The van der Waals surface area contributed by atoms with Crippen molar-refractivity contribution in [2.75, 3.05) is 32.8 Å². The van der Waals surface area contributed by atoms with Crippen LogP contribution in [0.3, 0.4) is 0 Å². The SMILES string of the molecule is OCCN1CCC(CNCc2coc(-c3ccc(Cl)cc3)n2)CC1. The Hall–Kier alpha value is -1.40. The summed E-state index contributed by atoms with van der Waals surface area (Å²) in [6.07, 6.45) is 4.07. The van der Waals surface area contributed by atoms with Crippen LogP contribution < -0.4 is 5.32 Å². The number of nitrogens with zero attached hydrogens (tertiary/aromatic N) is 2. The highest BCUT2D eigenvalue weighted by atomic mass is 35.5. The average Bonchev–Trinajstić information content (AvgIpc) is 3.06. The average molecular weight is 350 g/mol. The zero-order valence-corrected chi connectivity index (χ0v) is 14.5. The van der Waals surface area contributed by atoms with E-state index in [9.17, 15) is 0 Å². The molecule has 2 aromatic rings. The van der Waals surface area contributed by atoms with Gasteiger partial charge in [0.05, 0.1) is 12.3 Å². The molecule has 2 heterocycles. The Balaban J connectivity index is 1.42. The molecule has 0 radical (unpaired) electrons. The molecule has 2 N–H and O–H groups in total. The summed E-state index contributed by atoms with van der Waals surface area (Å²) in [5.41, 5.74) is 1.85. The van der Waals surface area contributed by atoms with Crippen LogP contribution in [0.4, 0.5) is 0 Å². The maximum Gasteiger partial charge on any atom is 0.226 e. The fourth-order valence-corrected chi connectivity index (χ4v) is 3.20. The number of piperidine rings is 1. The van der Waals surface area contributed by atoms with Crippen molar-refractivity contribution < 1.29 is 9.52 Å². The zero-order chi connectivity index (χ0) is 16.8. The summed E-state index contributed by atoms with van der Waals surface area (Å²) in [4.78, 5) is 6.85. The van der Waals surface area contributed by atoms with Gasteiger partial charge in [-0.1, -0.05) is 11.6 Å². The van der Waals surface area contributed by atoms with Crippen molar-refractivity contribution in [3.63, 3.8) is 0 Å². The maximum absolute atomic E-state index is 8.97. The number of aliphatic hydroxyl groups excluding tert-OH is 1. The van der Waals surface area contributed by atoms with Crippen molar-refractivity contribution >= 4 is 11.6 Å². The van der Waals surface area contributed by atoms with E-state index in [0.717, 1.165) is 37.4 Å². The lowest BCUT2D eigenvalue weighted by atomic mass is 9.97. The lowest BCUT2D eigenvalue weighted by Gasteiger charge is -2.31. The second-order valence-corrected chi connectivity index (χ2v) is 6.73. The molecule has 0 bridgehead atoms. The monoisotopic (exact) mass is 349 g/mol. The minimum absolute atomic E-state index is 0.255. The highest BCUT2D eigenvalue weighted by molar-refractivity contribution is 6.30. The third-order valence-electron chi connectivity index (χ3n) is 4.51. The van der Waals surface area contributed by atoms with Gasteiger partial charge < -0.3 is 19.7 Å². The van der Waals surface area contributed by atoms with Crippen molar-refractivity contribution in [1.29, 1.82) is 0 Å². The smallest absolute Gasteiger partial charge is 0.226 e. The number of halogens is 1. The van der Waals surface area contributed by atoms with E-state index in [2.05, 4.69) is 15.2 Å². The molecule has 0 amide bonds. The predicted octanol–water partition coefficient (Wildman–Crippen LogP) is 2.79. The molecular formula is C18H24ClN3O2. The number of β-amino-alcohol motifs (C(OH)–C–C–N with tert-alkyl or cyclic N) is 1. The molecule has 24 heavy (non-hydrogen) atoms. The second kappa shape index (κ2) is 8.62. The fourth-order valence-electron chi connectivity index (χ4n) is 3.07. The van der Waals surface area contributed by atoms with Crippen molar-refractivity contribution in [2.45, 2.75) is 19.4 Å². The van der Waals surface area contributed by atoms with Gasteiger partial charge in [0.25, 0.3) is 0 Å². The highest BCUT2D eigenvalue weighted by Gasteiger charge is 2.18. The molecular weight excluding hydrogens is 326 g/mol. The zero-order valence-electron chi connectivity index (χ0n) is 13.7. The summed E-state index contributed by atoms with van der Waals surface area (Å²) in [6.45, 7) is 4.93. The van der Waals surface area contributed by atoms with Gasteiger partial charge in [-0.25, -0.2) is 4.98 Å². The predicted molar refractivity (Wildman–Crippen MR) is 94.9 cm³/mol. The van der Waals surface area contributed by atoms with Crippen LogP contribution in [0.25, 0.3) is 11.5 Å². The van der Waals surface area contributed by atoms with Gasteiger partial charge in [-0.2, -0.15) is 0 Å². The van der Waals surface area contributed by atoms with Gasteiger partial charge in [-0.15, -0.1) is 0 Å². The number of rotatable bonds is 7. The van der Waals surface area contributed by atoms with Crippen LogP contribution in [-0.4, -0.2) is 47.8 Å². The van der Waals surface area contributed by atoms with Gasteiger partial charge in [0.15, 0.2) is 0 Å². The molecule has 5 nitrogen and oxygen atoms in total. The third kappa shape index (κ3) is 4.80. The molecule has 0 saturated carbocycles. The first-order chi connectivity index (χ1) is 11.7. The van der Waals surface area contributed by atoms with Gasteiger partial charge in [-0.3, -0.25) is 0 Å². The molecule has 1 aromatic carbocycles. The Bertz CT molecular complexity index is 621. The van der Waals surface area contributed by atoms with Crippen LogP contribution in [0.15, 0.2) is 34.9 Å².